The van der Waals surface area contributed by atoms with E-state index in [2.05, 4.69) is 61.1 Å². The molecule has 4 nitrogen and oxygen atoms in total. The third-order valence-electron chi connectivity index (χ3n) is 4.55. The van der Waals surface area contributed by atoms with Crippen LogP contribution in [0, 0.1) is 6.92 Å². The fraction of sp³-hybridized carbons (Fsp3) is 0.286. The maximum absolute atomic E-state index is 5.49. The van der Waals surface area contributed by atoms with Crippen LogP contribution in [0.3, 0.4) is 0 Å². The normalized spacial score (nSPS) is 13.6. The number of hydrogen-bond donors (Lipinski definition) is 0. The Morgan fingerprint density at radius 3 is 2.62 bits per heavy atom. The molecule has 0 spiro atoms. The molecule has 0 atom stereocenters. The average molecular weight is 366 g/mol. The molecule has 0 bridgehead atoms. The molecule has 0 unspecified atom stereocenters. The summed E-state index contributed by atoms with van der Waals surface area (Å²) in [5.74, 6) is 2.17. The van der Waals surface area contributed by atoms with Crippen molar-refractivity contribution in [1.82, 2.24) is 4.57 Å². The average Bonchev–Trinajstić information content (AvgIpc) is 3.23. The Morgan fingerprint density at radius 2 is 1.85 bits per heavy atom. The van der Waals surface area contributed by atoms with Gasteiger partial charge in [-0.15, -0.1) is 11.3 Å². The molecule has 1 aliphatic heterocycles. The van der Waals surface area contributed by atoms with Crippen LogP contribution in [-0.2, 0) is 6.54 Å². The number of nitrogens with zero attached hydrogens (tertiary/aromatic N) is 2. The number of hydrogen-bond acceptors (Lipinski definition) is 4. The summed E-state index contributed by atoms with van der Waals surface area (Å²) in [4.78, 5) is 5.85. The van der Waals surface area contributed by atoms with Crippen LogP contribution < -0.4 is 14.3 Å². The summed E-state index contributed by atoms with van der Waals surface area (Å²) in [7, 11) is 0. The van der Waals surface area contributed by atoms with E-state index < -0.39 is 0 Å². The van der Waals surface area contributed by atoms with Gasteiger partial charge in [0.2, 0.25) is 6.79 Å². The van der Waals surface area contributed by atoms with Crippen molar-refractivity contribution >= 4 is 17.0 Å². The van der Waals surface area contributed by atoms with Crippen LogP contribution in [0.4, 0.5) is 5.69 Å². The molecule has 134 valence electrons. The molecule has 0 aliphatic carbocycles. The zero-order chi connectivity index (χ0) is 18.1. The summed E-state index contributed by atoms with van der Waals surface area (Å²) >= 11 is 1.67. The van der Waals surface area contributed by atoms with E-state index in [1.165, 1.54) is 16.8 Å². The number of aromatic nitrogens is 1. The first-order valence-electron chi connectivity index (χ1n) is 8.78. The van der Waals surface area contributed by atoms with Gasteiger partial charge in [0.1, 0.15) is 0 Å². The quantitative estimate of drug-likeness (QED) is 0.652. The van der Waals surface area contributed by atoms with E-state index in [-0.39, 0.29) is 0 Å². The van der Waals surface area contributed by atoms with Gasteiger partial charge in [0.05, 0.1) is 12.2 Å². The number of ether oxygens (including phenoxy) is 2. The highest BCUT2D eigenvalue weighted by Gasteiger charge is 2.14. The molecular weight excluding hydrogens is 344 g/mol. The van der Waals surface area contributed by atoms with Gasteiger partial charge in [-0.05, 0) is 48.2 Å². The molecule has 2 aromatic carbocycles. The first-order chi connectivity index (χ1) is 12.6. The van der Waals surface area contributed by atoms with Gasteiger partial charge < -0.3 is 14.0 Å². The minimum absolute atomic E-state index is 0.302. The molecular formula is C21H22N2O2S. The van der Waals surface area contributed by atoms with E-state index >= 15 is 0 Å². The highest BCUT2D eigenvalue weighted by Crippen LogP contribution is 2.32. The summed E-state index contributed by atoms with van der Waals surface area (Å²) in [6.07, 6.45) is 0. The topological polar surface area (TPSA) is 35.8 Å². The van der Waals surface area contributed by atoms with Crippen LogP contribution >= 0.6 is 11.3 Å². The Morgan fingerprint density at radius 1 is 1.08 bits per heavy atom. The summed E-state index contributed by atoms with van der Waals surface area (Å²) in [5.41, 5.74) is 4.69. The molecule has 5 heteroatoms. The van der Waals surface area contributed by atoms with Crippen LogP contribution in [0.15, 0.2) is 52.8 Å². The Hall–Kier alpha value is -2.53. The van der Waals surface area contributed by atoms with Crippen LogP contribution in [0.2, 0.25) is 0 Å². The number of fused-ring (bicyclic) bond motifs is 1. The van der Waals surface area contributed by atoms with Crippen LogP contribution in [0.1, 0.15) is 36.6 Å². The van der Waals surface area contributed by atoms with E-state index in [0.717, 1.165) is 28.5 Å². The number of aryl methyl sites for hydroxylation is 1. The number of benzene rings is 2. The Balaban J connectivity index is 1.65. The lowest BCUT2D eigenvalue weighted by Crippen LogP contribution is -2.16. The molecule has 1 aromatic heterocycles. The molecule has 0 radical (unpaired) electrons. The van der Waals surface area contributed by atoms with Crippen LogP contribution in [-0.4, -0.2) is 11.4 Å². The predicted octanol–water partition coefficient (Wildman–Crippen LogP) is 4.99. The van der Waals surface area contributed by atoms with Crippen molar-refractivity contribution in [3.63, 3.8) is 0 Å². The van der Waals surface area contributed by atoms with Gasteiger partial charge in [-0.25, -0.2) is 4.99 Å². The van der Waals surface area contributed by atoms with Crippen molar-refractivity contribution in [3.8, 4) is 11.5 Å². The zero-order valence-corrected chi connectivity index (χ0v) is 16.0. The summed E-state index contributed by atoms with van der Waals surface area (Å²) in [6.45, 7) is 7.58. The fourth-order valence-corrected chi connectivity index (χ4v) is 3.86. The monoisotopic (exact) mass is 366 g/mol. The maximum Gasteiger partial charge on any atom is 0.231 e. The summed E-state index contributed by atoms with van der Waals surface area (Å²) in [6, 6.07) is 14.6. The van der Waals surface area contributed by atoms with Crippen molar-refractivity contribution < 1.29 is 9.47 Å². The molecule has 26 heavy (non-hydrogen) atoms. The second kappa shape index (κ2) is 7.00. The third-order valence-corrected chi connectivity index (χ3v) is 5.54. The first-order valence-corrected chi connectivity index (χ1v) is 9.66. The molecule has 0 fully saturated rings. The lowest BCUT2D eigenvalue weighted by molar-refractivity contribution is 0.174. The van der Waals surface area contributed by atoms with E-state index in [1.54, 1.807) is 11.3 Å². The van der Waals surface area contributed by atoms with Gasteiger partial charge in [0, 0.05) is 11.1 Å². The summed E-state index contributed by atoms with van der Waals surface area (Å²) in [5, 5.41) is 2.15. The van der Waals surface area contributed by atoms with E-state index in [9.17, 15) is 0 Å². The van der Waals surface area contributed by atoms with Gasteiger partial charge in [0.15, 0.2) is 16.3 Å². The second-order valence-electron chi connectivity index (χ2n) is 6.79. The molecule has 0 amide bonds. The van der Waals surface area contributed by atoms with E-state index in [0.29, 0.717) is 12.7 Å². The molecule has 4 rings (SSSR count). The minimum Gasteiger partial charge on any atom is -0.454 e. The Labute approximate surface area is 157 Å². The molecule has 0 N–H and O–H groups in total. The highest BCUT2D eigenvalue weighted by atomic mass is 32.1. The van der Waals surface area contributed by atoms with Crippen LogP contribution in [0.5, 0.6) is 11.5 Å². The molecule has 3 aromatic rings. The van der Waals surface area contributed by atoms with Crippen molar-refractivity contribution in [2.24, 2.45) is 4.99 Å². The minimum atomic E-state index is 0.302. The second-order valence-corrected chi connectivity index (χ2v) is 7.63. The van der Waals surface area contributed by atoms with Gasteiger partial charge in [-0.2, -0.15) is 0 Å². The SMILES string of the molecule is Cc1csc(=Nc2ccc(C(C)C)cc2)n1Cc1ccc2c(c1)OCO2. The Kier molecular flexibility index (Phi) is 4.55. The smallest absolute Gasteiger partial charge is 0.231 e. The standard InChI is InChI=1S/C21H22N2O2S/c1-14(2)17-5-7-18(8-6-17)22-21-23(15(3)12-26-21)11-16-4-9-19-20(10-16)25-13-24-19/h4-10,12,14H,11,13H2,1-3H3. The van der Waals surface area contributed by atoms with Gasteiger partial charge in [-0.3, -0.25) is 0 Å². The molecule has 1 aliphatic rings. The first kappa shape index (κ1) is 16.9. The fourth-order valence-electron chi connectivity index (χ4n) is 2.96. The molecule has 2 heterocycles. The van der Waals surface area contributed by atoms with Crippen molar-refractivity contribution in [1.29, 1.82) is 0 Å². The van der Waals surface area contributed by atoms with E-state index in [4.69, 9.17) is 14.5 Å². The molecule has 0 saturated carbocycles. The van der Waals surface area contributed by atoms with E-state index in [1.807, 2.05) is 12.1 Å². The van der Waals surface area contributed by atoms with Gasteiger partial charge in [0.25, 0.3) is 0 Å². The van der Waals surface area contributed by atoms with Gasteiger partial charge in [-0.1, -0.05) is 32.0 Å². The maximum atomic E-state index is 5.49. The summed E-state index contributed by atoms with van der Waals surface area (Å²) < 4.78 is 13.1. The lowest BCUT2D eigenvalue weighted by Gasteiger charge is -2.08. The lowest BCUT2D eigenvalue weighted by atomic mass is 10.0. The third kappa shape index (κ3) is 3.40. The van der Waals surface area contributed by atoms with Gasteiger partial charge >= 0.3 is 0 Å². The zero-order valence-electron chi connectivity index (χ0n) is 15.2. The van der Waals surface area contributed by atoms with Crippen LogP contribution in [0.25, 0.3) is 0 Å². The van der Waals surface area contributed by atoms with Crippen molar-refractivity contribution in [3.05, 3.63) is 69.5 Å². The van der Waals surface area contributed by atoms with Crippen molar-refractivity contribution in [2.75, 3.05) is 6.79 Å². The number of thiazole rings is 1. The highest BCUT2D eigenvalue weighted by molar-refractivity contribution is 7.07. The predicted molar refractivity (Wildman–Crippen MR) is 104 cm³/mol. The largest absolute Gasteiger partial charge is 0.454 e. The van der Waals surface area contributed by atoms with Crippen molar-refractivity contribution in [2.45, 2.75) is 33.2 Å². The molecule has 0 saturated heterocycles. The number of rotatable bonds is 4. The Bertz CT molecular complexity index is 984.